The van der Waals surface area contributed by atoms with Crippen molar-refractivity contribution in [2.75, 3.05) is 10.7 Å². The first kappa shape index (κ1) is 13.3. The van der Waals surface area contributed by atoms with Crippen molar-refractivity contribution in [3.8, 4) is 0 Å². The third kappa shape index (κ3) is 3.20. The third-order valence-corrected chi connectivity index (χ3v) is 2.88. The molecule has 19 heavy (non-hydrogen) atoms. The van der Waals surface area contributed by atoms with Gasteiger partial charge in [-0.15, -0.1) is 0 Å². The Bertz CT molecular complexity index is 569. The molecule has 8 nitrogen and oxygen atoms in total. The van der Waals surface area contributed by atoms with Gasteiger partial charge < -0.3 is 5.43 Å². The second-order valence-corrected chi connectivity index (χ2v) is 4.82. The third-order valence-electron chi connectivity index (χ3n) is 2.37. The molecule has 0 atom stereocenters. The number of rotatable bonds is 4. The van der Waals surface area contributed by atoms with Crippen LogP contribution in [-0.2, 0) is 0 Å². The van der Waals surface area contributed by atoms with Gasteiger partial charge in [0.25, 0.3) is 5.91 Å². The van der Waals surface area contributed by atoms with Crippen LogP contribution >= 0.6 is 11.5 Å². The standard InChI is InChI=1S/C10H13N7OS/c1-5(2)7-3-6(4-8(12-7)14-11)9(18)13-10-15-16-17-19-10/h3-5H,11H2,1-2H3,(H,12,14)(H,13,15,17,18). The van der Waals surface area contributed by atoms with Crippen LogP contribution in [0.25, 0.3) is 0 Å². The molecule has 2 aromatic heterocycles. The smallest absolute Gasteiger partial charge is 0.257 e. The van der Waals surface area contributed by atoms with Crippen LogP contribution in [0.5, 0.6) is 0 Å². The van der Waals surface area contributed by atoms with E-state index in [1.807, 2.05) is 13.8 Å². The number of nitrogens with two attached hydrogens (primary N) is 1. The Balaban J connectivity index is 2.27. The van der Waals surface area contributed by atoms with Gasteiger partial charge in [0, 0.05) is 22.8 Å². The van der Waals surface area contributed by atoms with E-state index in [1.54, 1.807) is 12.1 Å². The molecular formula is C10H13N7OS. The maximum absolute atomic E-state index is 12.1. The number of anilines is 2. The summed E-state index contributed by atoms with van der Waals surface area (Å²) in [4.78, 5) is 16.3. The molecule has 0 unspecified atom stereocenters. The predicted octanol–water partition coefficient (Wildman–Crippen LogP) is 0.989. The number of nitrogens with zero attached hydrogens (tertiary/aromatic N) is 4. The van der Waals surface area contributed by atoms with Crippen LogP contribution in [0.2, 0.25) is 0 Å². The normalized spacial score (nSPS) is 10.5. The summed E-state index contributed by atoms with van der Waals surface area (Å²) in [6.45, 7) is 3.97. The van der Waals surface area contributed by atoms with Crippen molar-refractivity contribution in [2.45, 2.75) is 19.8 Å². The number of pyridine rings is 1. The van der Waals surface area contributed by atoms with Gasteiger partial charge in [-0.3, -0.25) is 10.1 Å². The number of hydrogen-bond acceptors (Lipinski definition) is 8. The Labute approximate surface area is 113 Å². The van der Waals surface area contributed by atoms with Crippen molar-refractivity contribution in [1.29, 1.82) is 0 Å². The lowest BCUT2D eigenvalue weighted by Gasteiger charge is -2.10. The van der Waals surface area contributed by atoms with Gasteiger partial charge in [0.05, 0.1) is 0 Å². The molecule has 0 radical (unpaired) electrons. The highest BCUT2D eigenvalue weighted by Gasteiger charge is 2.13. The van der Waals surface area contributed by atoms with E-state index in [2.05, 4.69) is 30.5 Å². The van der Waals surface area contributed by atoms with Crippen LogP contribution < -0.4 is 16.6 Å². The largest absolute Gasteiger partial charge is 0.308 e. The van der Waals surface area contributed by atoms with Crippen molar-refractivity contribution >= 4 is 28.4 Å². The Kier molecular flexibility index (Phi) is 3.97. The van der Waals surface area contributed by atoms with Crippen molar-refractivity contribution < 1.29 is 4.79 Å². The summed E-state index contributed by atoms with van der Waals surface area (Å²) in [5, 5.41) is 10.0. The van der Waals surface area contributed by atoms with Crippen LogP contribution in [0.15, 0.2) is 12.1 Å². The Morgan fingerprint density at radius 3 is 2.79 bits per heavy atom. The van der Waals surface area contributed by atoms with Gasteiger partial charge in [0.15, 0.2) is 0 Å². The van der Waals surface area contributed by atoms with Crippen LogP contribution in [-0.4, -0.2) is 25.7 Å². The number of carbonyl (C=O) groups excluding carboxylic acids is 1. The topological polar surface area (TPSA) is 119 Å². The van der Waals surface area contributed by atoms with Crippen molar-refractivity contribution in [2.24, 2.45) is 5.84 Å². The fourth-order valence-electron chi connectivity index (χ4n) is 1.40. The summed E-state index contributed by atoms with van der Waals surface area (Å²) >= 11 is 1.01. The van der Waals surface area contributed by atoms with Crippen LogP contribution in [0.1, 0.15) is 35.8 Å². The van der Waals surface area contributed by atoms with E-state index < -0.39 is 0 Å². The van der Waals surface area contributed by atoms with Crippen molar-refractivity contribution in [1.82, 2.24) is 19.8 Å². The van der Waals surface area contributed by atoms with Gasteiger partial charge in [-0.25, -0.2) is 10.8 Å². The first-order chi connectivity index (χ1) is 9.10. The van der Waals surface area contributed by atoms with Crippen molar-refractivity contribution in [3.63, 3.8) is 0 Å². The van der Waals surface area contributed by atoms with E-state index in [1.165, 1.54) is 0 Å². The van der Waals surface area contributed by atoms with E-state index in [0.29, 0.717) is 16.5 Å². The quantitative estimate of drug-likeness (QED) is 0.564. The second-order valence-electron chi connectivity index (χ2n) is 4.09. The lowest BCUT2D eigenvalue weighted by atomic mass is 10.1. The van der Waals surface area contributed by atoms with Gasteiger partial charge in [-0.2, -0.15) is 0 Å². The molecule has 0 aliphatic heterocycles. The summed E-state index contributed by atoms with van der Waals surface area (Å²) in [7, 11) is 0. The van der Waals surface area contributed by atoms with E-state index in [-0.39, 0.29) is 11.8 Å². The highest BCUT2D eigenvalue weighted by Crippen LogP contribution is 2.18. The lowest BCUT2D eigenvalue weighted by Crippen LogP contribution is -2.16. The second kappa shape index (κ2) is 5.67. The summed E-state index contributed by atoms with van der Waals surface area (Å²) in [5.74, 6) is 5.66. The molecule has 0 fully saturated rings. The molecule has 2 heterocycles. The van der Waals surface area contributed by atoms with E-state index in [9.17, 15) is 4.79 Å². The number of aromatic nitrogens is 4. The number of hydrogen-bond donors (Lipinski definition) is 3. The van der Waals surface area contributed by atoms with Gasteiger partial charge in [-0.05, 0) is 23.3 Å². The van der Waals surface area contributed by atoms with E-state index in [4.69, 9.17) is 5.84 Å². The number of nitrogen functional groups attached to an aromatic ring is 1. The Morgan fingerprint density at radius 2 is 2.21 bits per heavy atom. The van der Waals surface area contributed by atoms with Crippen LogP contribution in [0, 0.1) is 0 Å². The molecule has 0 saturated heterocycles. The summed E-state index contributed by atoms with van der Waals surface area (Å²) < 4.78 is 3.57. The fourth-order valence-corrected chi connectivity index (χ4v) is 1.77. The zero-order chi connectivity index (χ0) is 13.8. The number of amides is 1. The average molecular weight is 279 g/mol. The molecule has 0 saturated carbocycles. The molecule has 0 aromatic carbocycles. The number of hydrazine groups is 1. The van der Waals surface area contributed by atoms with Gasteiger partial charge in [0.2, 0.25) is 5.13 Å². The predicted molar refractivity (Wildman–Crippen MR) is 71.8 cm³/mol. The number of carbonyl (C=O) groups is 1. The molecule has 0 aliphatic rings. The zero-order valence-electron chi connectivity index (χ0n) is 10.4. The Hall–Kier alpha value is -2.13. The lowest BCUT2D eigenvalue weighted by molar-refractivity contribution is 0.102. The molecular weight excluding hydrogens is 266 g/mol. The molecule has 4 N–H and O–H groups in total. The molecule has 9 heteroatoms. The van der Waals surface area contributed by atoms with Crippen molar-refractivity contribution in [3.05, 3.63) is 23.4 Å². The van der Waals surface area contributed by atoms with Crippen LogP contribution in [0.4, 0.5) is 10.9 Å². The fraction of sp³-hybridized carbons (Fsp3) is 0.300. The summed E-state index contributed by atoms with van der Waals surface area (Å²) in [6, 6.07) is 3.28. The van der Waals surface area contributed by atoms with Gasteiger partial charge >= 0.3 is 0 Å². The maximum Gasteiger partial charge on any atom is 0.257 e. The maximum atomic E-state index is 12.1. The molecule has 0 aliphatic carbocycles. The molecule has 2 rings (SSSR count). The summed E-state index contributed by atoms with van der Waals surface area (Å²) in [6.07, 6.45) is 0. The molecule has 0 spiro atoms. The first-order valence-electron chi connectivity index (χ1n) is 5.55. The number of nitrogens with one attached hydrogen (secondary N) is 2. The molecule has 2 aromatic rings. The first-order valence-corrected chi connectivity index (χ1v) is 6.32. The molecule has 100 valence electrons. The van der Waals surface area contributed by atoms with E-state index >= 15 is 0 Å². The minimum atomic E-state index is -0.306. The minimum absolute atomic E-state index is 0.183. The highest BCUT2D eigenvalue weighted by molar-refractivity contribution is 7.09. The Morgan fingerprint density at radius 1 is 1.42 bits per heavy atom. The zero-order valence-corrected chi connectivity index (χ0v) is 11.2. The average Bonchev–Trinajstić information content (AvgIpc) is 2.90. The highest BCUT2D eigenvalue weighted by atomic mass is 32.1. The SMILES string of the molecule is CC(C)c1cc(C(=O)Nc2nnns2)cc(NN)n1. The summed E-state index contributed by atoms with van der Waals surface area (Å²) in [5.41, 5.74) is 3.67. The van der Waals surface area contributed by atoms with Crippen LogP contribution in [0.3, 0.4) is 0 Å². The van der Waals surface area contributed by atoms with E-state index in [0.717, 1.165) is 17.2 Å². The molecule has 0 bridgehead atoms. The monoisotopic (exact) mass is 279 g/mol. The minimum Gasteiger partial charge on any atom is -0.308 e. The van der Waals surface area contributed by atoms with Gasteiger partial charge in [-0.1, -0.05) is 23.4 Å². The van der Waals surface area contributed by atoms with Gasteiger partial charge in [0.1, 0.15) is 5.82 Å². The molecule has 1 amide bonds.